The SMILES string of the molecule is COC(=O)c1c(C=O)n(CC2CCC(OC(C)C)CC2)c2ncc(Cl)cc12. The molecule has 1 fully saturated rings. The van der Waals surface area contributed by atoms with Crippen molar-refractivity contribution in [3.8, 4) is 0 Å². The Morgan fingerprint density at radius 2 is 2.07 bits per heavy atom. The highest BCUT2D eigenvalue weighted by molar-refractivity contribution is 6.31. The lowest BCUT2D eigenvalue weighted by Crippen LogP contribution is -2.26. The number of fused-ring (bicyclic) bond motifs is 1. The molecule has 0 aliphatic heterocycles. The summed E-state index contributed by atoms with van der Waals surface area (Å²) in [7, 11) is 1.30. The first-order valence-corrected chi connectivity index (χ1v) is 9.69. The number of rotatable bonds is 6. The quantitative estimate of drug-likeness (QED) is 0.542. The molecule has 7 heteroatoms. The van der Waals surface area contributed by atoms with Crippen LogP contribution in [0.3, 0.4) is 0 Å². The predicted molar refractivity (Wildman–Crippen MR) is 103 cm³/mol. The van der Waals surface area contributed by atoms with Crippen molar-refractivity contribution in [1.29, 1.82) is 0 Å². The molecule has 6 nitrogen and oxygen atoms in total. The van der Waals surface area contributed by atoms with Crippen LogP contribution in [0.2, 0.25) is 5.02 Å². The molecular formula is C20H25ClN2O4. The van der Waals surface area contributed by atoms with Gasteiger partial charge in [0, 0.05) is 18.1 Å². The highest BCUT2D eigenvalue weighted by Crippen LogP contribution is 2.32. The second kappa shape index (κ2) is 8.40. The van der Waals surface area contributed by atoms with Gasteiger partial charge in [-0.3, -0.25) is 4.79 Å². The molecule has 1 aliphatic carbocycles. The van der Waals surface area contributed by atoms with Crippen LogP contribution in [-0.4, -0.2) is 41.1 Å². The predicted octanol–water partition coefficient (Wildman–Crippen LogP) is 4.27. The standard InChI is InChI=1S/C20H25ClN2O4/c1-12(2)27-15-6-4-13(5-7-15)10-23-17(11-24)18(20(25)26-3)16-8-14(21)9-22-19(16)23/h8-9,11-13,15H,4-7,10H2,1-3H3. The van der Waals surface area contributed by atoms with Crippen LogP contribution in [-0.2, 0) is 16.0 Å². The number of hydrogen-bond acceptors (Lipinski definition) is 5. The first kappa shape index (κ1) is 19.8. The maximum absolute atomic E-state index is 12.3. The molecule has 1 saturated carbocycles. The van der Waals surface area contributed by atoms with Gasteiger partial charge in [0.1, 0.15) is 5.65 Å². The smallest absolute Gasteiger partial charge is 0.340 e. The second-order valence-corrected chi connectivity index (χ2v) is 7.77. The van der Waals surface area contributed by atoms with E-state index in [0.717, 1.165) is 25.7 Å². The van der Waals surface area contributed by atoms with E-state index in [2.05, 4.69) is 18.8 Å². The number of esters is 1. The average molecular weight is 393 g/mol. The lowest BCUT2D eigenvalue weighted by atomic mass is 9.87. The van der Waals surface area contributed by atoms with Gasteiger partial charge in [0.2, 0.25) is 0 Å². The zero-order valence-electron chi connectivity index (χ0n) is 15.9. The van der Waals surface area contributed by atoms with E-state index >= 15 is 0 Å². The molecule has 146 valence electrons. The van der Waals surface area contributed by atoms with Crippen LogP contribution in [0.25, 0.3) is 11.0 Å². The highest BCUT2D eigenvalue weighted by Gasteiger charge is 2.28. The van der Waals surface area contributed by atoms with Gasteiger partial charge in [-0.2, -0.15) is 0 Å². The number of nitrogens with zero attached hydrogens (tertiary/aromatic N) is 2. The molecule has 0 amide bonds. The lowest BCUT2D eigenvalue weighted by Gasteiger charge is -2.30. The van der Waals surface area contributed by atoms with Gasteiger partial charge in [0.05, 0.1) is 35.6 Å². The first-order chi connectivity index (χ1) is 12.9. The van der Waals surface area contributed by atoms with Gasteiger partial charge < -0.3 is 14.0 Å². The number of methoxy groups -OCH3 is 1. The van der Waals surface area contributed by atoms with Crippen molar-refractivity contribution in [2.75, 3.05) is 7.11 Å². The first-order valence-electron chi connectivity index (χ1n) is 9.31. The van der Waals surface area contributed by atoms with E-state index in [-0.39, 0.29) is 11.7 Å². The van der Waals surface area contributed by atoms with E-state index in [4.69, 9.17) is 21.1 Å². The minimum Gasteiger partial charge on any atom is -0.465 e. The maximum Gasteiger partial charge on any atom is 0.340 e. The molecule has 27 heavy (non-hydrogen) atoms. The molecule has 0 bridgehead atoms. The van der Waals surface area contributed by atoms with Crippen LogP contribution >= 0.6 is 11.6 Å². The van der Waals surface area contributed by atoms with Crippen molar-refractivity contribution in [2.45, 2.75) is 58.3 Å². The van der Waals surface area contributed by atoms with Gasteiger partial charge in [-0.1, -0.05) is 11.6 Å². The van der Waals surface area contributed by atoms with Crippen LogP contribution in [0.4, 0.5) is 0 Å². The molecule has 0 aromatic carbocycles. The van der Waals surface area contributed by atoms with Crippen molar-refractivity contribution in [3.63, 3.8) is 0 Å². The summed E-state index contributed by atoms with van der Waals surface area (Å²) in [6.45, 7) is 4.74. The lowest BCUT2D eigenvalue weighted by molar-refractivity contribution is -0.0207. The Morgan fingerprint density at radius 1 is 1.37 bits per heavy atom. The van der Waals surface area contributed by atoms with Gasteiger partial charge in [-0.25, -0.2) is 9.78 Å². The minimum atomic E-state index is -0.557. The van der Waals surface area contributed by atoms with E-state index in [9.17, 15) is 9.59 Å². The number of carbonyl (C=O) groups excluding carboxylic acids is 2. The molecule has 2 aromatic heterocycles. The fourth-order valence-corrected chi connectivity index (χ4v) is 4.09. The Kier molecular flexibility index (Phi) is 6.17. The fourth-order valence-electron chi connectivity index (χ4n) is 3.94. The molecule has 2 heterocycles. The molecule has 0 atom stereocenters. The van der Waals surface area contributed by atoms with Crippen molar-refractivity contribution < 1.29 is 19.1 Å². The van der Waals surface area contributed by atoms with Crippen molar-refractivity contribution in [1.82, 2.24) is 9.55 Å². The average Bonchev–Trinajstić information content (AvgIpc) is 2.94. The molecule has 0 spiro atoms. The Bertz CT molecular complexity index is 838. The maximum atomic E-state index is 12.3. The fraction of sp³-hybridized carbons (Fsp3) is 0.550. The third-order valence-corrected chi connectivity index (χ3v) is 5.31. The summed E-state index contributed by atoms with van der Waals surface area (Å²) in [5, 5.41) is 0.960. The van der Waals surface area contributed by atoms with Crippen molar-refractivity contribution in [2.24, 2.45) is 5.92 Å². The van der Waals surface area contributed by atoms with Gasteiger partial charge in [-0.05, 0) is 51.5 Å². The number of hydrogen-bond donors (Lipinski definition) is 0. The molecule has 3 rings (SSSR count). The normalized spacial score (nSPS) is 20.2. The zero-order valence-corrected chi connectivity index (χ0v) is 16.7. The molecule has 2 aromatic rings. The Balaban J connectivity index is 1.91. The van der Waals surface area contributed by atoms with Crippen LogP contribution in [0.5, 0.6) is 0 Å². The summed E-state index contributed by atoms with van der Waals surface area (Å²) < 4.78 is 12.6. The van der Waals surface area contributed by atoms with Crippen molar-refractivity contribution in [3.05, 3.63) is 28.5 Å². The van der Waals surface area contributed by atoms with Gasteiger partial charge in [0.15, 0.2) is 6.29 Å². The Morgan fingerprint density at radius 3 is 2.67 bits per heavy atom. The zero-order chi connectivity index (χ0) is 19.6. The largest absolute Gasteiger partial charge is 0.465 e. The molecule has 0 radical (unpaired) electrons. The number of aromatic nitrogens is 2. The number of aldehydes is 1. The molecule has 1 aliphatic rings. The van der Waals surface area contributed by atoms with Gasteiger partial charge in [-0.15, -0.1) is 0 Å². The Labute approximate surface area is 163 Å². The summed E-state index contributed by atoms with van der Waals surface area (Å²) >= 11 is 6.07. The topological polar surface area (TPSA) is 70.4 Å². The van der Waals surface area contributed by atoms with E-state index in [1.165, 1.54) is 13.3 Å². The molecule has 0 N–H and O–H groups in total. The van der Waals surface area contributed by atoms with Crippen LogP contribution < -0.4 is 0 Å². The monoisotopic (exact) mass is 392 g/mol. The number of ether oxygens (including phenoxy) is 2. The van der Waals surface area contributed by atoms with Gasteiger partial charge in [0.25, 0.3) is 0 Å². The summed E-state index contributed by atoms with van der Waals surface area (Å²) in [5.41, 5.74) is 1.11. The number of halogens is 1. The third-order valence-electron chi connectivity index (χ3n) is 5.11. The van der Waals surface area contributed by atoms with E-state index in [1.807, 2.05) is 4.57 Å². The molecular weight excluding hydrogens is 368 g/mol. The summed E-state index contributed by atoms with van der Waals surface area (Å²) in [5.74, 6) is -0.159. The summed E-state index contributed by atoms with van der Waals surface area (Å²) in [4.78, 5) is 28.5. The molecule has 0 unspecified atom stereocenters. The summed E-state index contributed by atoms with van der Waals surface area (Å²) in [6, 6.07) is 1.66. The van der Waals surface area contributed by atoms with E-state index in [1.54, 1.807) is 6.07 Å². The van der Waals surface area contributed by atoms with Crippen molar-refractivity contribution >= 4 is 34.9 Å². The number of pyridine rings is 1. The van der Waals surface area contributed by atoms with Crippen LogP contribution in [0, 0.1) is 5.92 Å². The van der Waals surface area contributed by atoms with E-state index < -0.39 is 5.97 Å². The molecule has 0 saturated heterocycles. The van der Waals surface area contributed by atoms with Crippen LogP contribution in [0.1, 0.15) is 60.4 Å². The minimum absolute atomic E-state index is 0.231. The highest BCUT2D eigenvalue weighted by atomic mass is 35.5. The van der Waals surface area contributed by atoms with Crippen LogP contribution in [0.15, 0.2) is 12.3 Å². The number of carbonyl (C=O) groups is 2. The Hall–Kier alpha value is -1.92. The van der Waals surface area contributed by atoms with E-state index in [0.29, 0.717) is 46.6 Å². The second-order valence-electron chi connectivity index (χ2n) is 7.33. The summed E-state index contributed by atoms with van der Waals surface area (Å²) in [6.07, 6.45) is 6.79. The van der Waals surface area contributed by atoms with Gasteiger partial charge >= 0.3 is 5.97 Å². The third kappa shape index (κ3) is 4.17.